The predicted octanol–water partition coefficient (Wildman–Crippen LogP) is 5.73. The highest BCUT2D eigenvalue weighted by atomic mass is 15.2. The van der Waals surface area contributed by atoms with Crippen molar-refractivity contribution in [2.75, 3.05) is 31.5 Å². The number of anilines is 1. The molecular formula is C29H36N4. The number of nitrogens with zero attached hydrogens (tertiary/aromatic N) is 2. The molecule has 172 valence electrons. The summed E-state index contributed by atoms with van der Waals surface area (Å²) in [6.07, 6.45) is 7.16. The Labute approximate surface area is 197 Å². The fourth-order valence-corrected chi connectivity index (χ4v) is 6.28. The van der Waals surface area contributed by atoms with E-state index in [0.29, 0.717) is 12.1 Å². The highest BCUT2D eigenvalue weighted by Gasteiger charge is 2.37. The van der Waals surface area contributed by atoms with Crippen LogP contribution in [-0.2, 0) is 6.42 Å². The molecule has 4 heteroatoms. The van der Waals surface area contributed by atoms with Crippen molar-refractivity contribution in [3.05, 3.63) is 77.0 Å². The van der Waals surface area contributed by atoms with E-state index in [4.69, 9.17) is 0 Å². The van der Waals surface area contributed by atoms with Gasteiger partial charge >= 0.3 is 0 Å². The van der Waals surface area contributed by atoms with Crippen LogP contribution in [0.25, 0.3) is 10.9 Å². The van der Waals surface area contributed by atoms with E-state index in [1.54, 1.807) is 0 Å². The van der Waals surface area contributed by atoms with Crippen molar-refractivity contribution in [2.24, 2.45) is 0 Å². The third kappa shape index (κ3) is 3.79. The van der Waals surface area contributed by atoms with Gasteiger partial charge in [-0.2, -0.15) is 0 Å². The van der Waals surface area contributed by atoms with E-state index < -0.39 is 0 Å². The number of rotatable bonds is 6. The van der Waals surface area contributed by atoms with Gasteiger partial charge in [0.1, 0.15) is 0 Å². The number of nitrogens with one attached hydrogen (secondary N) is 2. The van der Waals surface area contributed by atoms with Gasteiger partial charge in [-0.25, -0.2) is 0 Å². The highest BCUT2D eigenvalue weighted by molar-refractivity contribution is 5.85. The third-order valence-corrected chi connectivity index (χ3v) is 8.07. The van der Waals surface area contributed by atoms with Gasteiger partial charge in [-0.05, 0) is 68.5 Å². The summed E-state index contributed by atoms with van der Waals surface area (Å²) in [6, 6.07) is 19.5. The standard InChI is InChI=1S/C29H36N4/c1-3-16-32-17-14-23(19-32)30-22-11-9-21(10-12-22)29-28-25(24-6-4-5-7-26(24)31-28)15-18-33(29)27-13-8-20(27)2/h4-12,23,27,29-31H,3,13-19H2,1-2H3. The van der Waals surface area contributed by atoms with Crippen LogP contribution in [0.4, 0.5) is 5.69 Å². The van der Waals surface area contributed by atoms with Gasteiger partial charge in [-0.1, -0.05) is 48.9 Å². The lowest BCUT2D eigenvalue weighted by atomic mass is 9.85. The molecule has 33 heavy (non-hydrogen) atoms. The average Bonchev–Trinajstić information content (AvgIpc) is 3.43. The van der Waals surface area contributed by atoms with E-state index in [-0.39, 0.29) is 6.04 Å². The second-order valence-corrected chi connectivity index (χ2v) is 10.2. The van der Waals surface area contributed by atoms with Crippen LogP contribution < -0.4 is 5.32 Å². The van der Waals surface area contributed by atoms with Gasteiger partial charge < -0.3 is 15.2 Å². The molecule has 0 amide bonds. The van der Waals surface area contributed by atoms with Crippen molar-refractivity contribution in [3.63, 3.8) is 0 Å². The minimum Gasteiger partial charge on any atom is -0.381 e. The number of benzene rings is 2. The largest absolute Gasteiger partial charge is 0.381 e. The van der Waals surface area contributed by atoms with Gasteiger partial charge in [0.05, 0.1) is 6.04 Å². The molecule has 3 aliphatic rings. The van der Waals surface area contributed by atoms with E-state index in [0.717, 1.165) is 19.5 Å². The molecule has 3 heterocycles. The maximum atomic E-state index is 3.82. The molecule has 1 saturated heterocycles. The Morgan fingerprint density at radius 2 is 1.91 bits per heavy atom. The van der Waals surface area contributed by atoms with Crippen molar-refractivity contribution < 1.29 is 0 Å². The monoisotopic (exact) mass is 440 g/mol. The van der Waals surface area contributed by atoms with Gasteiger partial charge in [-0.3, -0.25) is 4.90 Å². The van der Waals surface area contributed by atoms with Crippen LogP contribution in [0.3, 0.4) is 0 Å². The molecule has 0 bridgehead atoms. The zero-order chi connectivity index (χ0) is 22.4. The number of aromatic amines is 1. The number of fused-ring (bicyclic) bond motifs is 3. The molecule has 1 fully saturated rings. The molecule has 0 radical (unpaired) electrons. The third-order valence-electron chi connectivity index (χ3n) is 8.07. The second-order valence-electron chi connectivity index (χ2n) is 10.2. The molecule has 2 aromatic carbocycles. The lowest BCUT2D eigenvalue weighted by Gasteiger charge is -2.44. The molecule has 1 aromatic heterocycles. The van der Waals surface area contributed by atoms with Gasteiger partial charge in [-0.15, -0.1) is 0 Å². The summed E-state index contributed by atoms with van der Waals surface area (Å²) in [5.41, 5.74) is 8.35. The SMILES string of the molecule is CCCN1CCC(Nc2ccc(C3c4[nH]c5ccccc5c4CCN3C3CC=C3C)cc2)C1. The first-order chi connectivity index (χ1) is 16.2. The van der Waals surface area contributed by atoms with E-state index in [2.05, 4.69) is 88.6 Å². The molecule has 3 aromatic rings. The van der Waals surface area contributed by atoms with Crippen molar-refractivity contribution >= 4 is 16.6 Å². The molecule has 0 saturated carbocycles. The van der Waals surface area contributed by atoms with Crippen LogP contribution in [0.1, 0.15) is 56.0 Å². The number of likely N-dealkylation sites (tertiary alicyclic amines) is 1. The molecule has 3 atom stereocenters. The minimum atomic E-state index is 0.287. The Hall–Kier alpha value is -2.56. The molecular weight excluding hydrogens is 404 g/mol. The maximum absolute atomic E-state index is 3.82. The molecule has 6 rings (SSSR count). The topological polar surface area (TPSA) is 34.3 Å². The Balaban J connectivity index is 1.29. The number of aromatic nitrogens is 1. The van der Waals surface area contributed by atoms with Gasteiger partial charge in [0.2, 0.25) is 0 Å². The van der Waals surface area contributed by atoms with E-state index in [1.807, 2.05) is 0 Å². The summed E-state index contributed by atoms with van der Waals surface area (Å²) in [4.78, 5) is 9.13. The van der Waals surface area contributed by atoms with Crippen molar-refractivity contribution in [3.8, 4) is 0 Å². The first-order valence-electron chi connectivity index (χ1n) is 12.8. The zero-order valence-corrected chi connectivity index (χ0v) is 20.0. The Morgan fingerprint density at radius 1 is 1.06 bits per heavy atom. The summed E-state index contributed by atoms with van der Waals surface area (Å²) in [5.74, 6) is 0. The predicted molar refractivity (Wildman–Crippen MR) is 138 cm³/mol. The molecule has 2 aliphatic heterocycles. The van der Waals surface area contributed by atoms with E-state index in [9.17, 15) is 0 Å². The van der Waals surface area contributed by atoms with Crippen molar-refractivity contribution in [1.29, 1.82) is 0 Å². The van der Waals surface area contributed by atoms with Crippen LogP contribution in [0.5, 0.6) is 0 Å². The number of H-pyrrole nitrogens is 1. The smallest absolute Gasteiger partial charge is 0.0762 e. The number of hydrogen-bond acceptors (Lipinski definition) is 3. The summed E-state index contributed by atoms with van der Waals surface area (Å²) in [7, 11) is 0. The first-order valence-corrected chi connectivity index (χ1v) is 12.8. The van der Waals surface area contributed by atoms with Crippen LogP contribution in [0.2, 0.25) is 0 Å². The second kappa shape index (κ2) is 8.66. The van der Waals surface area contributed by atoms with Crippen LogP contribution in [-0.4, -0.2) is 53.0 Å². The Kier molecular flexibility index (Phi) is 5.51. The zero-order valence-electron chi connectivity index (χ0n) is 20.0. The lowest BCUT2D eigenvalue weighted by Crippen LogP contribution is -2.46. The van der Waals surface area contributed by atoms with Crippen LogP contribution in [0, 0.1) is 0 Å². The van der Waals surface area contributed by atoms with Crippen molar-refractivity contribution in [2.45, 2.75) is 57.7 Å². The summed E-state index contributed by atoms with van der Waals surface area (Å²) < 4.78 is 0. The van der Waals surface area contributed by atoms with E-state index >= 15 is 0 Å². The lowest BCUT2D eigenvalue weighted by molar-refractivity contribution is 0.154. The quantitative estimate of drug-likeness (QED) is 0.480. The van der Waals surface area contributed by atoms with E-state index in [1.165, 1.54) is 71.3 Å². The fraction of sp³-hybridized carbons (Fsp3) is 0.448. The fourth-order valence-electron chi connectivity index (χ4n) is 6.28. The normalized spacial score (nSPS) is 25.6. The molecule has 0 spiro atoms. The van der Waals surface area contributed by atoms with Gasteiger partial charge in [0.25, 0.3) is 0 Å². The Bertz CT molecular complexity index is 1160. The number of para-hydroxylation sites is 1. The first kappa shape index (κ1) is 21.0. The Morgan fingerprint density at radius 3 is 2.67 bits per heavy atom. The number of hydrogen-bond donors (Lipinski definition) is 2. The highest BCUT2D eigenvalue weighted by Crippen LogP contribution is 2.42. The minimum absolute atomic E-state index is 0.287. The molecule has 3 unspecified atom stereocenters. The average molecular weight is 441 g/mol. The molecule has 4 nitrogen and oxygen atoms in total. The summed E-state index contributed by atoms with van der Waals surface area (Å²) in [6.45, 7) is 9.28. The molecule has 2 N–H and O–H groups in total. The maximum Gasteiger partial charge on any atom is 0.0762 e. The van der Waals surface area contributed by atoms with Gasteiger partial charge in [0.15, 0.2) is 0 Å². The molecule has 1 aliphatic carbocycles. The van der Waals surface area contributed by atoms with Crippen LogP contribution in [0.15, 0.2) is 60.2 Å². The summed E-state index contributed by atoms with van der Waals surface area (Å²) >= 11 is 0. The summed E-state index contributed by atoms with van der Waals surface area (Å²) in [5, 5.41) is 5.19. The van der Waals surface area contributed by atoms with Gasteiger partial charge in [0, 0.05) is 54.0 Å². The van der Waals surface area contributed by atoms with Crippen molar-refractivity contribution in [1.82, 2.24) is 14.8 Å². The van der Waals surface area contributed by atoms with Crippen LogP contribution >= 0.6 is 0 Å².